The van der Waals surface area contributed by atoms with Gasteiger partial charge in [0.25, 0.3) is 0 Å². The van der Waals surface area contributed by atoms with Gasteiger partial charge >= 0.3 is 6.03 Å². The smallest absolute Gasteiger partial charge is 0.319 e. The lowest BCUT2D eigenvalue weighted by atomic mass is 9.65. The number of hydrogen-bond donors (Lipinski definition) is 2. The van der Waals surface area contributed by atoms with Crippen LogP contribution in [0.3, 0.4) is 0 Å². The number of hydrogen-bond acceptors (Lipinski definition) is 5. The number of carbonyl (C=O) groups excluding carboxylic acids is 1. The van der Waals surface area contributed by atoms with Gasteiger partial charge in [0.05, 0.1) is 14.2 Å². The number of rotatable bonds is 6. The molecular formula is C29H39FN4O3. The van der Waals surface area contributed by atoms with E-state index in [4.69, 9.17) is 9.47 Å². The molecule has 5 rings (SSSR count). The first kappa shape index (κ1) is 25.8. The molecule has 200 valence electrons. The second kappa shape index (κ2) is 10.9. The minimum atomic E-state index is -0.366. The molecule has 2 aromatic carbocycles. The van der Waals surface area contributed by atoms with Crippen LogP contribution in [0.5, 0.6) is 11.5 Å². The number of piperidine rings is 1. The molecule has 3 atom stereocenters. The first-order chi connectivity index (χ1) is 17.9. The minimum absolute atomic E-state index is 0.0140. The third-order valence-corrected chi connectivity index (χ3v) is 8.83. The molecule has 0 radical (unpaired) electrons. The molecular weight excluding hydrogens is 471 g/mol. The summed E-state index contributed by atoms with van der Waals surface area (Å²) in [6.07, 6.45) is 6.21. The van der Waals surface area contributed by atoms with Gasteiger partial charge in [-0.15, -0.1) is 0 Å². The van der Waals surface area contributed by atoms with Gasteiger partial charge in [0.15, 0.2) is 11.5 Å². The average Bonchev–Trinajstić information content (AvgIpc) is 3.28. The number of ether oxygens (including phenoxy) is 2. The van der Waals surface area contributed by atoms with Crippen molar-refractivity contribution in [3.05, 3.63) is 53.8 Å². The molecule has 2 heterocycles. The first-order valence-corrected chi connectivity index (χ1v) is 13.4. The molecule has 2 saturated heterocycles. The third-order valence-electron chi connectivity index (χ3n) is 8.83. The summed E-state index contributed by atoms with van der Waals surface area (Å²) in [6, 6.07) is 13.1. The predicted octanol–water partition coefficient (Wildman–Crippen LogP) is 4.62. The normalized spacial score (nSPS) is 26.9. The van der Waals surface area contributed by atoms with Crippen molar-refractivity contribution in [1.82, 2.24) is 15.1 Å². The monoisotopic (exact) mass is 510 g/mol. The van der Waals surface area contributed by atoms with Crippen molar-refractivity contribution in [1.29, 1.82) is 0 Å². The van der Waals surface area contributed by atoms with Crippen LogP contribution >= 0.6 is 0 Å². The molecule has 1 aliphatic carbocycles. The summed E-state index contributed by atoms with van der Waals surface area (Å²) in [7, 11) is 5.56. The van der Waals surface area contributed by atoms with E-state index in [2.05, 4.69) is 39.6 Å². The van der Waals surface area contributed by atoms with Crippen molar-refractivity contribution in [2.75, 3.05) is 46.2 Å². The number of carbonyl (C=O) groups is 1. The Bertz CT molecular complexity index is 1110. The van der Waals surface area contributed by atoms with Gasteiger partial charge in [-0.05, 0) is 101 Å². The lowest BCUT2D eigenvalue weighted by Crippen LogP contribution is -2.56. The molecule has 2 N–H and O–H groups in total. The van der Waals surface area contributed by atoms with Gasteiger partial charge in [0, 0.05) is 29.2 Å². The van der Waals surface area contributed by atoms with Crippen molar-refractivity contribution in [2.45, 2.75) is 62.1 Å². The Morgan fingerprint density at radius 2 is 1.78 bits per heavy atom. The van der Waals surface area contributed by atoms with Gasteiger partial charge in [-0.2, -0.15) is 0 Å². The molecule has 2 amide bonds. The Hall–Kier alpha value is -2.84. The molecule has 0 unspecified atom stereocenters. The van der Waals surface area contributed by atoms with Gasteiger partial charge in [-0.1, -0.05) is 12.1 Å². The Morgan fingerprint density at radius 1 is 1.00 bits per heavy atom. The van der Waals surface area contributed by atoms with Crippen molar-refractivity contribution < 1.29 is 18.7 Å². The number of fused-ring (bicyclic) bond motifs is 1. The minimum Gasteiger partial charge on any atom is -0.493 e. The van der Waals surface area contributed by atoms with Crippen LogP contribution in [-0.2, 0) is 5.41 Å². The zero-order valence-electron chi connectivity index (χ0n) is 22.1. The molecule has 8 heteroatoms. The fourth-order valence-electron chi connectivity index (χ4n) is 6.88. The summed E-state index contributed by atoms with van der Waals surface area (Å²) >= 11 is 0. The quantitative estimate of drug-likeness (QED) is 0.594. The zero-order chi connectivity index (χ0) is 26.0. The zero-order valence-corrected chi connectivity index (χ0v) is 22.1. The van der Waals surface area contributed by atoms with Crippen LogP contribution in [0, 0.1) is 5.82 Å². The molecule has 1 saturated carbocycles. The highest BCUT2D eigenvalue weighted by Gasteiger charge is 2.53. The van der Waals surface area contributed by atoms with E-state index in [9.17, 15) is 9.18 Å². The number of halogens is 1. The second-order valence-electron chi connectivity index (χ2n) is 10.8. The van der Waals surface area contributed by atoms with Crippen LogP contribution in [0.15, 0.2) is 42.5 Å². The molecule has 37 heavy (non-hydrogen) atoms. The number of amides is 2. The Morgan fingerprint density at radius 3 is 2.51 bits per heavy atom. The summed E-state index contributed by atoms with van der Waals surface area (Å²) in [4.78, 5) is 18.0. The van der Waals surface area contributed by atoms with Crippen molar-refractivity contribution >= 4 is 11.7 Å². The summed E-state index contributed by atoms with van der Waals surface area (Å²) < 4.78 is 24.8. The maximum Gasteiger partial charge on any atom is 0.319 e. The molecule has 0 spiro atoms. The van der Waals surface area contributed by atoms with E-state index in [0.29, 0.717) is 17.8 Å². The maximum absolute atomic E-state index is 13.6. The number of urea groups is 1. The van der Waals surface area contributed by atoms with Crippen LogP contribution in [0.25, 0.3) is 0 Å². The van der Waals surface area contributed by atoms with Crippen LogP contribution in [-0.4, -0.2) is 74.9 Å². The van der Waals surface area contributed by atoms with Crippen LogP contribution in [0.4, 0.5) is 14.9 Å². The van der Waals surface area contributed by atoms with Gasteiger partial charge in [0.1, 0.15) is 5.82 Å². The van der Waals surface area contributed by atoms with Crippen molar-refractivity contribution in [3.8, 4) is 11.5 Å². The molecule has 2 aromatic rings. The summed E-state index contributed by atoms with van der Waals surface area (Å²) in [5.41, 5.74) is 1.77. The fraction of sp³-hybridized carbons (Fsp3) is 0.552. The van der Waals surface area contributed by atoms with Crippen LogP contribution in [0.1, 0.15) is 44.1 Å². The molecule has 0 aromatic heterocycles. The SMILES string of the molecule is COc1ccc([C@@]23CC[C@@H](NC(=O)Nc4cccc(F)c4)C[C@@H]2N(C2CCN(C)CC2)CC3)cc1OC. The largest absolute Gasteiger partial charge is 0.493 e. The second-order valence-corrected chi connectivity index (χ2v) is 10.8. The number of methoxy groups -OCH3 is 2. The highest BCUT2D eigenvalue weighted by Crippen LogP contribution is 2.51. The van der Waals surface area contributed by atoms with E-state index in [1.807, 2.05) is 6.07 Å². The summed E-state index contributed by atoms with van der Waals surface area (Å²) in [5.74, 6) is 1.14. The fourth-order valence-corrected chi connectivity index (χ4v) is 6.88. The first-order valence-electron chi connectivity index (χ1n) is 13.4. The van der Waals surface area contributed by atoms with Crippen molar-refractivity contribution in [2.24, 2.45) is 0 Å². The summed E-state index contributed by atoms with van der Waals surface area (Å²) in [5, 5.41) is 5.99. The van der Waals surface area contributed by atoms with E-state index >= 15 is 0 Å². The van der Waals surface area contributed by atoms with E-state index in [0.717, 1.165) is 56.8 Å². The number of anilines is 1. The summed E-state index contributed by atoms with van der Waals surface area (Å²) in [6.45, 7) is 3.31. The molecule has 3 fully saturated rings. The van der Waals surface area contributed by atoms with E-state index < -0.39 is 0 Å². The predicted molar refractivity (Wildman–Crippen MR) is 143 cm³/mol. The molecule has 0 bridgehead atoms. The van der Waals surface area contributed by atoms with Gasteiger partial charge in [-0.3, -0.25) is 4.90 Å². The molecule has 3 aliphatic rings. The average molecular weight is 511 g/mol. The number of benzene rings is 2. The Labute approximate surface area is 219 Å². The number of nitrogens with zero attached hydrogens (tertiary/aromatic N) is 2. The highest BCUT2D eigenvalue weighted by atomic mass is 19.1. The van der Waals surface area contributed by atoms with Crippen molar-refractivity contribution in [3.63, 3.8) is 0 Å². The lowest BCUT2D eigenvalue weighted by molar-refractivity contribution is 0.0673. The third kappa shape index (κ3) is 5.27. The highest BCUT2D eigenvalue weighted by molar-refractivity contribution is 5.89. The Balaban J connectivity index is 1.37. The topological polar surface area (TPSA) is 66.1 Å². The number of nitrogens with one attached hydrogen (secondary N) is 2. The number of likely N-dealkylation sites (tertiary alicyclic amines) is 2. The van der Waals surface area contributed by atoms with Gasteiger partial charge in [0.2, 0.25) is 0 Å². The van der Waals surface area contributed by atoms with E-state index in [1.54, 1.807) is 26.4 Å². The van der Waals surface area contributed by atoms with Crippen LogP contribution < -0.4 is 20.1 Å². The van der Waals surface area contributed by atoms with Gasteiger partial charge in [-0.25, -0.2) is 9.18 Å². The van der Waals surface area contributed by atoms with E-state index in [-0.39, 0.29) is 23.3 Å². The lowest BCUT2D eigenvalue weighted by Gasteiger charge is -2.48. The molecule has 7 nitrogen and oxygen atoms in total. The molecule has 2 aliphatic heterocycles. The standard InChI is InChI=1S/C29H39FN4O3/c1-33-14-10-24(11-15-33)34-16-13-29(20-7-8-25(36-2)26(17-20)37-3)12-9-23(19-27(29)34)32-28(35)31-22-6-4-5-21(30)18-22/h4-8,17-18,23-24,27H,9-16,19H2,1-3H3,(H2,31,32,35)/t23-,27+,29+/m1/s1. The maximum atomic E-state index is 13.6. The van der Waals surface area contributed by atoms with Gasteiger partial charge < -0.3 is 25.0 Å². The van der Waals surface area contributed by atoms with Crippen LogP contribution in [0.2, 0.25) is 0 Å². The van der Waals surface area contributed by atoms with E-state index in [1.165, 1.54) is 30.5 Å². The Kier molecular flexibility index (Phi) is 7.58.